The number of nitrogens with zero attached hydrogens (tertiary/aromatic N) is 2. The molecule has 92 valence electrons. The molecular formula is C12H11N3O2S. The minimum atomic E-state index is -0.893. The third kappa shape index (κ3) is 1.60. The van der Waals surface area contributed by atoms with Crippen molar-refractivity contribution < 1.29 is 9.90 Å². The highest BCUT2D eigenvalue weighted by atomic mass is 32.2. The number of fused-ring (bicyclic) bond motifs is 3. The molecule has 2 N–H and O–H groups in total. The lowest BCUT2D eigenvalue weighted by Gasteiger charge is -2.15. The Morgan fingerprint density at radius 2 is 2.33 bits per heavy atom. The molecule has 1 aliphatic carbocycles. The van der Waals surface area contributed by atoms with Gasteiger partial charge in [0.1, 0.15) is 0 Å². The van der Waals surface area contributed by atoms with Gasteiger partial charge in [0, 0.05) is 12.4 Å². The summed E-state index contributed by atoms with van der Waals surface area (Å²) >= 11 is 1.48. The number of aromatic amines is 1. The lowest BCUT2D eigenvalue weighted by molar-refractivity contribution is 0.0696. The van der Waals surface area contributed by atoms with E-state index in [2.05, 4.69) is 15.0 Å². The molecule has 0 unspecified atom stereocenters. The van der Waals surface area contributed by atoms with E-state index in [1.807, 2.05) is 12.5 Å². The summed E-state index contributed by atoms with van der Waals surface area (Å²) in [6.45, 7) is 0. The Morgan fingerprint density at radius 1 is 1.50 bits per heavy atom. The maximum Gasteiger partial charge on any atom is 0.337 e. The van der Waals surface area contributed by atoms with Crippen LogP contribution in [0, 0.1) is 0 Å². The van der Waals surface area contributed by atoms with Crippen molar-refractivity contribution in [2.45, 2.75) is 18.0 Å². The lowest BCUT2D eigenvalue weighted by Crippen LogP contribution is -2.09. The smallest absolute Gasteiger partial charge is 0.337 e. The van der Waals surface area contributed by atoms with Crippen LogP contribution in [0.3, 0.4) is 0 Å². The Hall–Kier alpha value is -1.82. The van der Waals surface area contributed by atoms with Crippen molar-refractivity contribution in [1.82, 2.24) is 15.0 Å². The third-order valence-corrected chi connectivity index (χ3v) is 3.69. The number of hydrogen-bond donors (Lipinski definition) is 2. The first kappa shape index (κ1) is 11.3. The number of carboxylic acid groups (broad SMARTS) is 1. The molecule has 0 spiro atoms. The standard InChI is InChI=1S/C12H11N3O2S/c1-18-12-14-4-6-2-3-7-8(11(16)17)5-13-10(7)9(6)15-12/h4-5,13H,2-3H2,1H3,(H,16,17). The van der Waals surface area contributed by atoms with Crippen LogP contribution in [-0.4, -0.2) is 32.3 Å². The molecule has 0 radical (unpaired) electrons. The average molecular weight is 261 g/mol. The van der Waals surface area contributed by atoms with E-state index in [4.69, 9.17) is 5.11 Å². The van der Waals surface area contributed by atoms with E-state index in [0.717, 1.165) is 35.4 Å². The van der Waals surface area contributed by atoms with Crippen LogP contribution in [0.5, 0.6) is 0 Å². The number of rotatable bonds is 2. The summed E-state index contributed by atoms with van der Waals surface area (Å²) in [5.41, 5.74) is 3.93. The van der Waals surface area contributed by atoms with Crippen molar-refractivity contribution >= 4 is 17.7 Å². The van der Waals surface area contributed by atoms with Crippen molar-refractivity contribution in [3.05, 3.63) is 29.1 Å². The van der Waals surface area contributed by atoms with Crippen LogP contribution in [-0.2, 0) is 12.8 Å². The van der Waals surface area contributed by atoms with Gasteiger partial charge in [-0.3, -0.25) is 0 Å². The molecule has 0 aromatic carbocycles. The zero-order valence-corrected chi connectivity index (χ0v) is 10.5. The summed E-state index contributed by atoms with van der Waals surface area (Å²) in [6.07, 6.45) is 6.80. The molecule has 0 fully saturated rings. The van der Waals surface area contributed by atoms with E-state index >= 15 is 0 Å². The molecule has 0 atom stereocenters. The summed E-state index contributed by atoms with van der Waals surface area (Å²) in [4.78, 5) is 22.9. The zero-order chi connectivity index (χ0) is 12.7. The lowest BCUT2D eigenvalue weighted by atomic mass is 9.93. The van der Waals surface area contributed by atoms with Crippen molar-refractivity contribution in [3.63, 3.8) is 0 Å². The number of aromatic nitrogens is 3. The van der Waals surface area contributed by atoms with Crippen LogP contribution in [0.4, 0.5) is 0 Å². The third-order valence-electron chi connectivity index (χ3n) is 3.12. The maximum absolute atomic E-state index is 11.1. The SMILES string of the molecule is CSc1ncc2c(n1)-c1[nH]cc(C(=O)O)c1CC2. The number of aromatic carboxylic acids is 1. The van der Waals surface area contributed by atoms with Crippen LogP contribution in [0.15, 0.2) is 17.6 Å². The number of aryl methyl sites for hydroxylation is 1. The topological polar surface area (TPSA) is 78.9 Å². The molecule has 0 saturated heterocycles. The predicted molar refractivity (Wildman–Crippen MR) is 68.0 cm³/mol. The monoisotopic (exact) mass is 261 g/mol. The fourth-order valence-corrected chi connectivity index (χ4v) is 2.60. The van der Waals surface area contributed by atoms with Crippen LogP contribution < -0.4 is 0 Å². The van der Waals surface area contributed by atoms with Crippen LogP contribution in [0.25, 0.3) is 11.4 Å². The number of nitrogens with one attached hydrogen (secondary N) is 1. The average Bonchev–Trinajstić information content (AvgIpc) is 2.82. The molecule has 3 rings (SSSR count). The summed E-state index contributed by atoms with van der Waals surface area (Å²) < 4.78 is 0. The molecule has 2 heterocycles. The molecule has 0 aliphatic heterocycles. The number of H-pyrrole nitrogens is 1. The normalized spacial score (nSPS) is 12.9. The van der Waals surface area contributed by atoms with Gasteiger partial charge in [0.05, 0.1) is 17.0 Å². The second-order valence-electron chi connectivity index (χ2n) is 4.09. The van der Waals surface area contributed by atoms with E-state index < -0.39 is 5.97 Å². The molecule has 0 amide bonds. The molecular weight excluding hydrogens is 250 g/mol. The largest absolute Gasteiger partial charge is 0.478 e. The van der Waals surface area contributed by atoms with Gasteiger partial charge in [-0.2, -0.15) is 0 Å². The fraction of sp³-hybridized carbons (Fsp3) is 0.250. The Morgan fingerprint density at radius 3 is 3.06 bits per heavy atom. The van der Waals surface area contributed by atoms with Crippen LogP contribution >= 0.6 is 11.8 Å². The number of thioether (sulfide) groups is 1. The predicted octanol–water partition coefficient (Wildman–Crippen LogP) is 1.99. The van der Waals surface area contributed by atoms with Gasteiger partial charge in [0.15, 0.2) is 5.16 Å². The van der Waals surface area contributed by atoms with Gasteiger partial charge in [0.25, 0.3) is 0 Å². The van der Waals surface area contributed by atoms with E-state index in [1.165, 1.54) is 11.8 Å². The Labute approximate surface area is 108 Å². The quantitative estimate of drug-likeness (QED) is 0.638. The Kier molecular flexibility index (Phi) is 2.59. The first-order valence-electron chi connectivity index (χ1n) is 5.54. The van der Waals surface area contributed by atoms with Gasteiger partial charge in [-0.15, -0.1) is 0 Å². The fourth-order valence-electron chi connectivity index (χ4n) is 2.26. The summed E-state index contributed by atoms with van der Waals surface area (Å²) in [5.74, 6) is -0.893. The second-order valence-corrected chi connectivity index (χ2v) is 4.86. The summed E-state index contributed by atoms with van der Waals surface area (Å²) in [7, 11) is 0. The first-order valence-corrected chi connectivity index (χ1v) is 6.77. The summed E-state index contributed by atoms with van der Waals surface area (Å²) in [5, 5.41) is 9.82. The van der Waals surface area contributed by atoms with Crippen LogP contribution in [0.1, 0.15) is 21.5 Å². The second kappa shape index (κ2) is 4.13. The van der Waals surface area contributed by atoms with Gasteiger partial charge < -0.3 is 10.1 Å². The van der Waals surface area contributed by atoms with Crippen molar-refractivity contribution in [3.8, 4) is 11.4 Å². The van der Waals surface area contributed by atoms with Crippen LogP contribution in [0.2, 0.25) is 0 Å². The molecule has 2 aromatic rings. The van der Waals surface area contributed by atoms with Crippen molar-refractivity contribution in [2.24, 2.45) is 0 Å². The van der Waals surface area contributed by atoms with E-state index in [1.54, 1.807) is 6.20 Å². The first-order chi connectivity index (χ1) is 8.70. The molecule has 0 bridgehead atoms. The Balaban J connectivity index is 2.19. The Bertz CT molecular complexity index is 636. The van der Waals surface area contributed by atoms with Gasteiger partial charge in [0.2, 0.25) is 0 Å². The molecule has 5 nitrogen and oxygen atoms in total. The van der Waals surface area contributed by atoms with E-state index in [9.17, 15) is 4.79 Å². The molecule has 0 saturated carbocycles. The van der Waals surface area contributed by atoms with Gasteiger partial charge >= 0.3 is 5.97 Å². The number of carbonyl (C=O) groups is 1. The number of carboxylic acids is 1. The molecule has 1 aliphatic rings. The highest BCUT2D eigenvalue weighted by molar-refractivity contribution is 7.98. The minimum absolute atomic E-state index is 0.347. The highest BCUT2D eigenvalue weighted by Crippen LogP contribution is 2.33. The minimum Gasteiger partial charge on any atom is -0.478 e. The summed E-state index contributed by atoms with van der Waals surface area (Å²) in [6, 6.07) is 0. The zero-order valence-electron chi connectivity index (χ0n) is 9.73. The van der Waals surface area contributed by atoms with Crippen molar-refractivity contribution in [2.75, 3.05) is 6.26 Å². The van der Waals surface area contributed by atoms with Gasteiger partial charge in [-0.1, -0.05) is 11.8 Å². The highest BCUT2D eigenvalue weighted by Gasteiger charge is 2.24. The number of hydrogen-bond acceptors (Lipinski definition) is 4. The van der Waals surface area contributed by atoms with Gasteiger partial charge in [-0.05, 0) is 30.2 Å². The van der Waals surface area contributed by atoms with E-state index in [0.29, 0.717) is 10.7 Å². The van der Waals surface area contributed by atoms with Gasteiger partial charge in [-0.25, -0.2) is 14.8 Å². The maximum atomic E-state index is 11.1. The molecule has 2 aromatic heterocycles. The molecule has 18 heavy (non-hydrogen) atoms. The molecule has 6 heteroatoms. The van der Waals surface area contributed by atoms with E-state index in [-0.39, 0.29) is 0 Å². The van der Waals surface area contributed by atoms with Crippen molar-refractivity contribution in [1.29, 1.82) is 0 Å².